The van der Waals surface area contributed by atoms with Gasteiger partial charge in [0, 0.05) is 29.1 Å². The van der Waals surface area contributed by atoms with Gasteiger partial charge in [-0.3, -0.25) is 4.79 Å². The third-order valence-electron chi connectivity index (χ3n) is 7.27. The second-order valence-electron chi connectivity index (χ2n) is 10.1. The molecule has 1 saturated carbocycles. The smallest absolute Gasteiger partial charge is 0.229 e. The molecule has 1 fully saturated rings. The Hall–Kier alpha value is -2.01. The lowest BCUT2D eigenvalue weighted by Gasteiger charge is -2.30. The Morgan fingerprint density at radius 2 is 2.00 bits per heavy atom. The molecule has 2 unspecified atom stereocenters. The number of hydrogen-bond acceptors (Lipinski definition) is 4. The van der Waals surface area contributed by atoms with Crippen LogP contribution in [-0.4, -0.2) is 29.2 Å². The Morgan fingerprint density at radius 1 is 1.23 bits per heavy atom. The highest BCUT2D eigenvalue weighted by Gasteiger charge is 2.35. The maximum absolute atomic E-state index is 12.9. The average molecular weight is 409 g/mol. The number of nitrogens with one attached hydrogen (secondary N) is 2. The van der Waals surface area contributed by atoms with E-state index in [9.17, 15) is 4.79 Å². The SMILES string of the molecule is CC1CCNC(C)(C)c2c1ccnc2N=C1C=CC(C)(C(=O)NC2CCCC2)CC1. The highest BCUT2D eigenvalue weighted by molar-refractivity contribution is 6.00. The van der Waals surface area contributed by atoms with E-state index in [0.717, 1.165) is 50.2 Å². The van der Waals surface area contributed by atoms with Gasteiger partial charge in [-0.25, -0.2) is 9.98 Å². The van der Waals surface area contributed by atoms with Crippen LogP contribution in [0.5, 0.6) is 0 Å². The minimum Gasteiger partial charge on any atom is -0.353 e. The molecule has 1 aromatic rings. The van der Waals surface area contributed by atoms with E-state index in [2.05, 4.69) is 42.5 Å². The maximum atomic E-state index is 12.9. The van der Waals surface area contributed by atoms with Crippen LogP contribution in [0.15, 0.2) is 29.4 Å². The van der Waals surface area contributed by atoms with E-state index in [1.54, 1.807) is 0 Å². The third kappa shape index (κ3) is 4.22. The lowest BCUT2D eigenvalue weighted by Crippen LogP contribution is -2.43. The molecule has 1 aromatic heterocycles. The first-order chi connectivity index (χ1) is 14.3. The summed E-state index contributed by atoms with van der Waals surface area (Å²) in [4.78, 5) is 22.5. The fraction of sp³-hybridized carbons (Fsp3) is 0.640. The van der Waals surface area contributed by atoms with Crippen molar-refractivity contribution in [1.82, 2.24) is 15.6 Å². The van der Waals surface area contributed by atoms with Crippen molar-refractivity contribution in [1.29, 1.82) is 0 Å². The zero-order chi connectivity index (χ0) is 21.4. The summed E-state index contributed by atoms with van der Waals surface area (Å²) < 4.78 is 0. The quantitative estimate of drug-likeness (QED) is 0.747. The molecular formula is C25H36N4O. The van der Waals surface area contributed by atoms with E-state index in [0.29, 0.717) is 12.0 Å². The first-order valence-electron chi connectivity index (χ1n) is 11.6. The van der Waals surface area contributed by atoms with Crippen molar-refractivity contribution < 1.29 is 4.79 Å². The lowest BCUT2D eigenvalue weighted by atomic mass is 9.79. The van der Waals surface area contributed by atoms with E-state index >= 15 is 0 Å². The normalized spacial score (nSPS) is 30.1. The van der Waals surface area contributed by atoms with Crippen molar-refractivity contribution >= 4 is 17.4 Å². The number of allylic oxidation sites excluding steroid dienone is 1. The summed E-state index contributed by atoms with van der Waals surface area (Å²) in [7, 11) is 0. The monoisotopic (exact) mass is 408 g/mol. The van der Waals surface area contributed by atoms with Gasteiger partial charge in [0.1, 0.15) is 0 Å². The van der Waals surface area contributed by atoms with Crippen LogP contribution in [-0.2, 0) is 10.3 Å². The van der Waals surface area contributed by atoms with Crippen molar-refractivity contribution in [3.63, 3.8) is 0 Å². The summed E-state index contributed by atoms with van der Waals surface area (Å²) >= 11 is 0. The number of rotatable bonds is 3. The maximum Gasteiger partial charge on any atom is 0.229 e. The number of carbonyl (C=O) groups is 1. The van der Waals surface area contributed by atoms with Gasteiger partial charge in [0.2, 0.25) is 5.91 Å². The molecule has 2 heterocycles. The molecule has 1 aliphatic heterocycles. The molecule has 2 aliphatic carbocycles. The minimum atomic E-state index is -0.446. The predicted octanol–water partition coefficient (Wildman–Crippen LogP) is 4.90. The van der Waals surface area contributed by atoms with Gasteiger partial charge in [-0.05, 0) is 83.0 Å². The summed E-state index contributed by atoms with van der Waals surface area (Å²) in [5.41, 5.74) is 2.96. The Labute approximate surface area is 180 Å². The molecule has 30 heavy (non-hydrogen) atoms. The molecule has 2 N–H and O–H groups in total. The van der Waals surface area contributed by atoms with Crippen molar-refractivity contribution in [3.8, 4) is 0 Å². The van der Waals surface area contributed by atoms with Crippen molar-refractivity contribution in [2.24, 2.45) is 10.4 Å². The predicted molar refractivity (Wildman–Crippen MR) is 122 cm³/mol. The van der Waals surface area contributed by atoms with Gasteiger partial charge in [0.15, 0.2) is 5.82 Å². The number of fused-ring (bicyclic) bond motifs is 1. The van der Waals surface area contributed by atoms with Crippen LogP contribution >= 0.6 is 0 Å². The van der Waals surface area contributed by atoms with E-state index < -0.39 is 5.41 Å². The highest BCUT2D eigenvalue weighted by Crippen LogP contribution is 2.39. The van der Waals surface area contributed by atoms with Gasteiger partial charge in [-0.15, -0.1) is 0 Å². The van der Waals surface area contributed by atoms with Crippen LogP contribution in [0.3, 0.4) is 0 Å². The summed E-state index contributed by atoms with van der Waals surface area (Å²) in [5.74, 6) is 1.47. The van der Waals surface area contributed by atoms with Gasteiger partial charge in [0.05, 0.1) is 5.41 Å². The van der Waals surface area contributed by atoms with Gasteiger partial charge in [0.25, 0.3) is 0 Å². The van der Waals surface area contributed by atoms with Crippen molar-refractivity contribution in [2.45, 2.75) is 90.1 Å². The fourth-order valence-electron chi connectivity index (χ4n) is 5.12. The van der Waals surface area contributed by atoms with Gasteiger partial charge < -0.3 is 10.6 Å². The van der Waals surface area contributed by atoms with Crippen molar-refractivity contribution in [2.75, 3.05) is 6.54 Å². The molecule has 0 bridgehead atoms. The summed E-state index contributed by atoms with van der Waals surface area (Å²) in [5, 5.41) is 6.93. The Balaban J connectivity index is 1.58. The molecule has 0 aromatic carbocycles. The second kappa shape index (κ2) is 8.26. The van der Waals surface area contributed by atoms with Gasteiger partial charge >= 0.3 is 0 Å². The molecule has 3 aliphatic rings. The van der Waals surface area contributed by atoms with Crippen LogP contribution < -0.4 is 10.6 Å². The average Bonchev–Trinajstić information content (AvgIpc) is 3.18. The van der Waals surface area contributed by atoms with Gasteiger partial charge in [-0.1, -0.05) is 25.8 Å². The molecule has 162 valence electrons. The second-order valence-corrected chi connectivity index (χ2v) is 10.1. The number of pyridine rings is 1. The largest absolute Gasteiger partial charge is 0.353 e. The van der Waals surface area contributed by atoms with Crippen LogP contribution in [0.1, 0.15) is 89.7 Å². The molecule has 2 atom stereocenters. The standard InChI is InChI=1S/C25H36N4O/c1-17-11-16-27-24(2,3)21-20(17)12-15-26-22(21)28-19-9-13-25(4,14-10-19)23(30)29-18-7-5-6-8-18/h9,12-13,15,17-18,27H,5-8,10-11,14,16H2,1-4H3,(H,29,30). The highest BCUT2D eigenvalue weighted by atomic mass is 16.2. The summed E-state index contributed by atoms with van der Waals surface area (Å²) in [6.45, 7) is 9.76. The lowest BCUT2D eigenvalue weighted by molar-refractivity contribution is -0.128. The topological polar surface area (TPSA) is 66.4 Å². The van der Waals surface area contributed by atoms with Crippen molar-refractivity contribution in [3.05, 3.63) is 35.5 Å². The number of aliphatic imine (C=N–C) groups is 1. The first-order valence-corrected chi connectivity index (χ1v) is 11.6. The molecule has 0 spiro atoms. The fourth-order valence-corrected chi connectivity index (χ4v) is 5.12. The molecule has 1 amide bonds. The Kier molecular flexibility index (Phi) is 5.84. The first kappa shape index (κ1) is 21.2. The molecule has 4 rings (SSSR count). The minimum absolute atomic E-state index is 0.163. The molecule has 5 nitrogen and oxygen atoms in total. The zero-order valence-electron chi connectivity index (χ0n) is 18.9. The van der Waals surface area contributed by atoms with E-state index in [-0.39, 0.29) is 11.4 Å². The van der Waals surface area contributed by atoms with E-state index in [1.807, 2.05) is 25.3 Å². The molecular weight excluding hydrogens is 372 g/mol. The third-order valence-corrected chi connectivity index (χ3v) is 7.27. The van der Waals surface area contributed by atoms with Crippen LogP contribution in [0.4, 0.5) is 5.82 Å². The summed E-state index contributed by atoms with van der Waals surface area (Å²) in [6, 6.07) is 2.51. The number of amides is 1. The van der Waals surface area contributed by atoms with Crippen LogP contribution in [0, 0.1) is 5.41 Å². The number of aromatic nitrogens is 1. The number of nitrogens with zero attached hydrogens (tertiary/aromatic N) is 2. The summed E-state index contributed by atoms with van der Waals surface area (Å²) in [6.07, 6.45) is 13.4. The van der Waals surface area contributed by atoms with Crippen LogP contribution in [0.25, 0.3) is 0 Å². The Bertz CT molecular complexity index is 866. The number of carbonyl (C=O) groups excluding carboxylic acids is 1. The molecule has 5 heteroatoms. The van der Waals surface area contributed by atoms with E-state index in [1.165, 1.54) is 24.0 Å². The molecule has 0 radical (unpaired) electrons. The van der Waals surface area contributed by atoms with Crippen LogP contribution in [0.2, 0.25) is 0 Å². The van der Waals surface area contributed by atoms with E-state index in [4.69, 9.17) is 4.99 Å². The Morgan fingerprint density at radius 3 is 2.70 bits per heavy atom. The zero-order valence-corrected chi connectivity index (χ0v) is 18.9. The molecule has 0 saturated heterocycles. The number of hydrogen-bond donors (Lipinski definition) is 2. The van der Waals surface area contributed by atoms with Gasteiger partial charge in [-0.2, -0.15) is 0 Å².